The molecule has 1 aromatic carbocycles. The Labute approximate surface area is 127 Å². The van der Waals surface area contributed by atoms with Gasteiger partial charge in [-0.2, -0.15) is 0 Å². The van der Waals surface area contributed by atoms with Crippen LogP contribution < -0.4 is 11.1 Å². The molecule has 0 amide bonds. The van der Waals surface area contributed by atoms with Gasteiger partial charge in [0.2, 0.25) is 0 Å². The highest BCUT2D eigenvalue weighted by atomic mass is 35.5. The summed E-state index contributed by atoms with van der Waals surface area (Å²) in [5.41, 5.74) is 6.53. The zero-order chi connectivity index (χ0) is 14.4. The maximum absolute atomic E-state index is 9.50. The monoisotopic (exact) mass is 321 g/mol. The van der Waals surface area contributed by atoms with Gasteiger partial charge in [-0.1, -0.05) is 35.4 Å². The third-order valence-electron chi connectivity index (χ3n) is 2.59. The van der Waals surface area contributed by atoms with Crippen LogP contribution in [0.15, 0.2) is 23.2 Å². The van der Waals surface area contributed by atoms with Crippen LogP contribution in [0.2, 0.25) is 10.0 Å². The van der Waals surface area contributed by atoms with Crippen molar-refractivity contribution in [2.24, 2.45) is 16.6 Å². The van der Waals surface area contributed by atoms with Crippen molar-refractivity contribution < 1.29 is 4.39 Å². The first kappa shape index (κ1) is 16.3. The normalized spacial score (nSPS) is 15.3. The number of hydrogen-bond donors (Lipinski definition) is 2. The molecule has 3 nitrogen and oxygen atoms in total. The van der Waals surface area contributed by atoms with Gasteiger partial charge in [-0.15, -0.1) is 0 Å². The molecule has 104 valence electrons. The zero-order valence-corrected chi connectivity index (χ0v) is 12.6. The predicted molar refractivity (Wildman–Crippen MR) is 83.2 cm³/mol. The van der Waals surface area contributed by atoms with Crippen LogP contribution in [0.4, 0.5) is 4.39 Å². The molecule has 1 saturated heterocycles. The minimum Gasteiger partial charge on any atom is -0.387 e. The van der Waals surface area contributed by atoms with E-state index in [1.807, 2.05) is 0 Å². The molecular formula is C12H14Cl2FN3S. The molecule has 7 heteroatoms. The highest BCUT2D eigenvalue weighted by Crippen LogP contribution is 2.22. The van der Waals surface area contributed by atoms with E-state index in [4.69, 9.17) is 41.2 Å². The lowest BCUT2D eigenvalue weighted by Gasteiger charge is -2.26. The summed E-state index contributed by atoms with van der Waals surface area (Å²) in [5.74, 6) is 0.832. The fraction of sp³-hybridized carbons (Fsp3) is 0.333. The van der Waals surface area contributed by atoms with Gasteiger partial charge < -0.3 is 11.1 Å². The summed E-state index contributed by atoms with van der Waals surface area (Å²) >= 11 is 17.1. The van der Waals surface area contributed by atoms with E-state index in [0.717, 1.165) is 13.1 Å². The molecule has 0 unspecified atom stereocenters. The van der Waals surface area contributed by atoms with Gasteiger partial charge >= 0.3 is 0 Å². The lowest BCUT2D eigenvalue weighted by molar-refractivity contribution is 0.441. The van der Waals surface area contributed by atoms with Gasteiger partial charge in [0, 0.05) is 29.6 Å². The van der Waals surface area contributed by atoms with Crippen LogP contribution in [0.1, 0.15) is 5.56 Å². The lowest BCUT2D eigenvalue weighted by atomic mass is 10.0. The van der Waals surface area contributed by atoms with Crippen molar-refractivity contribution in [2.45, 2.75) is 0 Å². The maximum Gasteiger partial charge on any atom is 0.136 e. The molecular weight excluding hydrogens is 308 g/mol. The van der Waals surface area contributed by atoms with Crippen molar-refractivity contribution >= 4 is 46.2 Å². The molecule has 0 aromatic heterocycles. The van der Waals surface area contributed by atoms with Crippen LogP contribution >= 0.6 is 35.4 Å². The van der Waals surface area contributed by atoms with E-state index in [1.165, 1.54) is 0 Å². The van der Waals surface area contributed by atoms with E-state index in [0.29, 0.717) is 33.6 Å². The fourth-order valence-electron chi connectivity index (χ4n) is 1.43. The standard InChI is InChI=1S/C11H11Cl2N3S.CH3F/c12-7-1-2-8(9(13)3-7)11(17)16-10(14)6-4-15-5-6;1-2/h1-3,6,15H,4-5H2,(H2,14,16,17);1H3. The summed E-state index contributed by atoms with van der Waals surface area (Å²) in [6.07, 6.45) is 0. The molecule has 19 heavy (non-hydrogen) atoms. The minimum absolute atomic E-state index is 0.277. The first-order valence-electron chi connectivity index (χ1n) is 5.50. The average molecular weight is 322 g/mol. The molecule has 0 saturated carbocycles. The van der Waals surface area contributed by atoms with E-state index >= 15 is 0 Å². The smallest absolute Gasteiger partial charge is 0.136 e. The second-order valence-corrected chi connectivity index (χ2v) is 5.05. The number of halogens is 3. The molecule has 0 aliphatic carbocycles. The number of amidine groups is 1. The number of nitrogens with zero attached hydrogens (tertiary/aromatic N) is 1. The molecule has 1 heterocycles. The van der Waals surface area contributed by atoms with Gasteiger partial charge in [-0.05, 0) is 18.2 Å². The highest BCUT2D eigenvalue weighted by molar-refractivity contribution is 7.80. The Balaban J connectivity index is 0.000000861. The Morgan fingerprint density at radius 1 is 1.42 bits per heavy atom. The quantitative estimate of drug-likeness (QED) is 0.500. The van der Waals surface area contributed by atoms with Crippen molar-refractivity contribution in [1.29, 1.82) is 0 Å². The average Bonchev–Trinajstić information content (AvgIpc) is 2.28. The number of aliphatic imine (C=N–C) groups is 1. The van der Waals surface area contributed by atoms with Gasteiger partial charge in [0.1, 0.15) is 10.8 Å². The van der Waals surface area contributed by atoms with Crippen LogP contribution in [0.5, 0.6) is 0 Å². The largest absolute Gasteiger partial charge is 0.387 e. The van der Waals surface area contributed by atoms with E-state index in [2.05, 4.69) is 10.3 Å². The number of rotatable bonds is 2. The summed E-state index contributed by atoms with van der Waals surface area (Å²) in [6.45, 7) is 1.71. The van der Waals surface area contributed by atoms with E-state index < -0.39 is 0 Å². The molecule has 2 rings (SSSR count). The minimum atomic E-state index is 0.277. The SMILES string of the molecule is CF.NC(=NC(=S)c1ccc(Cl)cc1Cl)C1CNC1. The Morgan fingerprint density at radius 2 is 2.05 bits per heavy atom. The van der Waals surface area contributed by atoms with Gasteiger partial charge in [0.15, 0.2) is 0 Å². The topological polar surface area (TPSA) is 50.4 Å². The second-order valence-electron chi connectivity index (χ2n) is 3.82. The molecule has 1 aromatic rings. The van der Waals surface area contributed by atoms with Crippen LogP contribution in [0.25, 0.3) is 0 Å². The number of nitrogens with two attached hydrogens (primary N) is 1. The second kappa shape index (κ2) is 7.75. The van der Waals surface area contributed by atoms with E-state index in [1.54, 1.807) is 18.2 Å². The molecule has 1 aliphatic rings. The number of benzene rings is 1. The molecule has 1 fully saturated rings. The van der Waals surface area contributed by atoms with Crippen LogP contribution in [0.3, 0.4) is 0 Å². The van der Waals surface area contributed by atoms with Gasteiger partial charge in [-0.25, -0.2) is 4.99 Å². The first-order chi connectivity index (χ1) is 9.08. The molecule has 0 atom stereocenters. The first-order valence-corrected chi connectivity index (χ1v) is 6.66. The van der Waals surface area contributed by atoms with E-state index in [-0.39, 0.29) is 5.92 Å². The van der Waals surface area contributed by atoms with Crippen molar-refractivity contribution in [3.63, 3.8) is 0 Å². The summed E-state index contributed by atoms with van der Waals surface area (Å²) in [7, 11) is 0.500. The molecule has 0 bridgehead atoms. The Morgan fingerprint density at radius 3 is 2.53 bits per heavy atom. The maximum atomic E-state index is 9.50. The summed E-state index contributed by atoms with van der Waals surface area (Å²) in [5, 5.41) is 4.19. The van der Waals surface area contributed by atoms with Crippen molar-refractivity contribution in [2.75, 3.05) is 20.3 Å². The van der Waals surface area contributed by atoms with Gasteiger partial charge in [-0.3, -0.25) is 4.39 Å². The van der Waals surface area contributed by atoms with E-state index in [9.17, 15) is 4.39 Å². The molecule has 1 aliphatic heterocycles. The number of nitrogens with one attached hydrogen (secondary N) is 1. The van der Waals surface area contributed by atoms with Crippen molar-refractivity contribution in [3.8, 4) is 0 Å². The Kier molecular flexibility index (Phi) is 6.65. The number of alkyl halides is 1. The molecule has 3 N–H and O–H groups in total. The summed E-state index contributed by atoms with van der Waals surface area (Å²) < 4.78 is 9.50. The van der Waals surface area contributed by atoms with Crippen LogP contribution in [-0.2, 0) is 0 Å². The van der Waals surface area contributed by atoms with Crippen LogP contribution in [-0.4, -0.2) is 31.1 Å². The summed E-state index contributed by atoms with van der Waals surface area (Å²) in [4.78, 5) is 4.62. The predicted octanol–water partition coefficient (Wildman–Crippen LogP) is 2.83. The fourth-order valence-corrected chi connectivity index (χ4v) is 2.27. The summed E-state index contributed by atoms with van der Waals surface area (Å²) in [6, 6.07) is 5.12. The molecule has 0 spiro atoms. The lowest BCUT2D eigenvalue weighted by Crippen LogP contribution is -2.49. The third-order valence-corrected chi connectivity index (χ3v) is 3.45. The van der Waals surface area contributed by atoms with Crippen LogP contribution in [0, 0.1) is 5.92 Å². The zero-order valence-electron chi connectivity index (χ0n) is 10.3. The number of hydrogen-bond acceptors (Lipinski definition) is 2. The van der Waals surface area contributed by atoms with Gasteiger partial charge in [0.05, 0.1) is 12.2 Å². The van der Waals surface area contributed by atoms with Crippen molar-refractivity contribution in [1.82, 2.24) is 5.32 Å². The van der Waals surface area contributed by atoms with Crippen molar-refractivity contribution in [3.05, 3.63) is 33.8 Å². The third kappa shape index (κ3) is 4.38. The number of thiocarbonyl (C=S) groups is 1. The highest BCUT2D eigenvalue weighted by Gasteiger charge is 2.21. The molecule has 0 radical (unpaired) electrons. The Bertz CT molecular complexity index is 490. The van der Waals surface area contributed by atoms with Gasteiger partial charge in [0.25, 0.3) is 0 Å². The Hall–Kier alpha value is -0.750.